The zero-order chi connectivity index (χ0) is 25.4. The van der Waals surface area contributed by atoms with Gasteiger partial charge in [-0.2, -0.15) is 0 Å². The lowest BCUT2D eigenvalue weighted by molar-refractivity contribution is -0.121. The lowest BCUT2D eigenvalue weighted by atomic mass is 10.2. The van der Waals surface area contributed by atoms with Crippen molar-refractivity contribution in [3.8, 4) is 0 Å². The van der Waals surface area contributed by atoms with E-state index < -0.39 is 24.5 Å². The summed E-state index contributed by atoms with van der Waals surface area (Å²) in [6, 6.07) is 4.38. The summed E-state index contributed by atoms with van der Waals surface area (Å²) in [4.78, 5) is 41.9. The molecule has 1 aliphatic heterocycles. The molecular weight excluding hydrogens is 537 g/mol. The Hall–Kier alpha value is -1.93. The largest absolute Gasteiger partial charge is 0.394 e. The predicted molar refractivity (Wildman–Crippen MR) is 135 cm³/mol. The summed E-state index contributed by atoms with van der Waals surface area (Å²) in [5.74, 6) is -1.54. The van der Waals surface area contributed by atoms with Crippen molar-refractivity contribution >= 4 is 64.0 Å². The molecule has 5 N–H and O–H groups in total. The van der Waals surface area contributed by atoms with Crippen molar-refractivity contribution < 1.29 is 24.2 Å². The van der Waals surface area contributed by atoms with Crippen LogP contribution in [0.2, 0.25) is 10.0 Å². The quantitative estimate of drug-likeness (QED) is 0.298. The van der Waals surface area contributed by atoms with Gasteiger partial charge in [-0.05, 0) is 17.7 Å². The molecule has 2 aromatic rings. The number of carbonyl (C=O) groups excluding carboxylic acids is 3. The SMILES string of the molecule is NC(=O)[C@H](CO)NC(=O)c1csc(SCC(=O)NCC2CN(Cc3ccc(Cl)c(Cl)c3)CCO2)n1. The van der Waals surface area contributed by atoms with E-state index in [4.69, 9.17) is 38.8 Å². The van der Waals surface area contributed by atoms with Crippen LogP contribution < -0.4 is 16.4 Å². The highest BCUT2D eigenvalue weighted by atomic mass is 35.5. The van der Waals surface area contributed by atoms with Gasteiger partial charge in [0, 0.05) is 31.6 Å². The van der Waals surface area contributed by atoms with Crippen LogP contribution in [0, 0.1) is 0 Å². The third kappa shape index (κ3) is 8.60. The molecule has 1 aromatic heterocycles. The van der Waals surface area contributed by atoms with Crippen LogP contribution in [0.3, 0.4) is 0 Å². The lowest BCUT2D eigenvalue weighted by Crippen LogP contribution is -2.47. The Balaban J connectivity index is 1.40. The summed E-state index contributed by atoms with van der Waals surface area (Å²) < 4.78 is 6.29. The molecule has 0 aliphatic carbocycles. The van der Waals surface area contributed by atoms with Crippen LogP contribution in [0.15, 0.2) is 27.9 Å². The van der Waals surface area contributed by atoms with Crippen molar-refractivity contribution in [3.05, 3.63) is 44.9 Å². The van der Waals surface area contributed by atoms with Gasteiger partial charge in [0.05, 0.1) is 35.1 Å². The molecule has 35 heavy (non-hydrogen) atoms. The topological polar surface area (TPSA) is 147 Å². The number of morpholine rings is 1. The minimum absolute atomic E-state index is 0.0790. The summed E-state index contributed by atoms with van der Waals surface area (Å²) in [5.41, 5.74) is 6.23. The highest BCUT2D eigenvalue weighted by molar-refractivity contribution is 8.01. The van der Waals surface area contributed by atoms with Gasteiger partial charge in [0.15, 0.2) is 4.34 Å². The Bertz CT molecular complexity index is 1060. The van der Waals surface area contributed by atoms with Crippen LogP contribution >= 0.6 is 46.3 Å². The number of aromatic nitrogens is 1. The number of thiazole rings is 1. The Labute approximate surface area is 220 Å². The number of nitrogens with one attached hydrogen (secondary N) is 2. The van der Waals surface area contributed by atoms with E-state index in [0.29, 0.717) is 40.6 Å². The third-order valence-corrected chi connectivity index (χ3v) is 7.77. The molecule has 2 heterocycles. The van der Waals surface area contributed by atoms with Gasteiger partial charge in [-0.25, -0.2) is 4.98 Å². The minimum Gasteiger partial charge on any atom is -0.394 e. The molecule has 1 unspecified atom stereocenters. The Morgan fingerprint density at radius 3 is 2.86 bits per heavy atom. The van der Waals surface area contributed by atoms with Crippen molar-refractivity contribution in [1.82, 2.24) is 20.5 Å². The fourth-order valence-electron chi connectivity index (χ4n) is 3.22. The molecule has 1 saturated heterocycles. The van der Waals surface area contributed by atoms with Crippen LogP contribution in [-0.2, 0) is 20.9 Å². The molecule has 3 amide bonds. The standard InChI is InChI=1S/C21H25Cl2N5O5S2/c22-14-2-1-12(5-15(14)23)7-28-3-4-33-13(8-28)6-25-18(30)11-35-21-27-17(10-34-21)20(32)26-16(9-29)19(24)31/h1-2,5,10,13,16,29H,3-4,6-9,11H2,(H2,24,31)(H,25,30)(H,26,32)/t13?,16-/m0/s1. The number of hydrogen-bond acceptors (Lipinski definition) is 9. The van der Waals surface area contributed by atoms with Gasteiger partial charge in [0.25, 0.3) is 5.91 Å². The van der Waals surface area contributed by atoms with Crippen molar-refractivity contribution in [2.75, 3.05) is 38.6 Å². The van der Waals surface area contributed by atoms with Gasteiger partial charge < -0.3 is 26.2 Å². The zero-order valence-corrected chi connectivity index (χ0v) is 21.7. The molecule has 1 aromatic carbocycles. The molecule has 2 atom stereocenters. The average molecular weight is 563 g/mol. The number of thioether (sulfide) groups is 1. The first-order chi connectivity index (χ1) is 16.7. The van der Waals surface area contributed by atoms with E-state index in [-0.39, 0.29) is 23.5 Å². The second-order valence-electron chi connectivity index (χ2n) is 7.68. The Kier molecular flexibility index (Phi) is 10.6. The molecule has 10 nitrogen and oxygen atoms in total. The molecule has 1 aliphatic rings. The van der Waals surface area contributed by atoms with E-state index in [1.54, 1.807) is 6.07 Å². The minimum atomic E-state index is -1.19. The monoisotopic (exact) mass is 561 g/mol. The summed E-state index contributed by atoms with van der Waals surface area (Å²) in [6.07, 6.45) is -0.139. The van der Waals surface area contributed by atoms with Crippen LogP contribution in [-0.4, -0.2) is 83.5 Å². The number of ether oxygens (including phenoxy) is 1. The first-order valence-corrected chi connectivity index (χ1v) is 13.2. The maximum Gasteiger partial charge on any atom is 0.271 e. The maximum atomic E-state index is 12.3. The molecule has 0 bridgehead atoms. The fraction of sp³-hybridized carbons (Fsp3) is 0.429. The molecule has 3 rings (SSSR count). The van der Waals surface area contributed by atoms with E-state index >= 15 is 0 Å². The number of hydrogen-bond donors (Lipinski definition) is 4. The van der Waals surface area contributed by atoms with Gasteiger partial charge >= 0.3 is 0 Å². The van der Waals surface area contributed by atoms with Crippen molar-refractivity contribution in [1.29, 1.82) is 0 Å². The first-order valence-electron chi connectivity index (χ1n) is 10.6. The normalized spacial score (nSPS) is 17.1. The molecule has 0 saturated carbocycles. The smallest absolute Gasteiger partial charge is 0.271 e. The van der Waals surface area contributed by atoms with Crippen LogP contribution in [0.25, 0.3) is 0 Å². The average Bonchev–Trinajstić information content (AvgIpc) is 3.31. The van der Waals surface area contributed by atoms with Crippen molar-refractivity contribution in [2.45, 2.75) is 23.0 Å². The molecule has 1 fully saturated rings. The number of carbonyl (C=O) groups is 3. The summed E-state index contributed by atoms with van der Waals surface area (Å²) in [5, 5.41) is 16.8. The number of halogens is 2. The molecule has 190 valence electrons. The van der Waals surface area contributed by atoms with Crippen molar-refractivity contribution in [3.63, 3.8) is 0 Å². The van der Waals surface area contributed by atoms with E-state index in [9.17, 15) is 14.4 Å². The fourth-order valence-corrected chi connectivity index (χ4v) is 5.17. The van der Waals surface area contributed by atoms with Crippen molar-refractivity contribution in [2.24, 2.45) is 5.73 Å². The number of aliphatic hydroxyl groups excluding tert-OH is 1. The zero-order valence-electron chi connectivity index (χ0n) is 18.5. The van der Waals surface area contributed by atoms with E-state index in [0.717, 1.165) is 12.1 Å². The Morgan fingerprint density at radius 1 is 1.34 bits per heavy atom. The predicted octanol–water partition coefficient (Wildman–Crippen LogP) is 1.14. The number of aliphatic hydroxyl groups is 1. The maximum absolute atomic E-state index is 12.3. The molecule has 0 spiro atoms. The number of amides is 3. The van der Waals surface area contributed by atoms with E-state index in [1.165, 1.54) is 28.5 Å². The second-order valence-corrected chi connectivity index (χ2v) is 10.6. The highest BCUT2D eigenvalue weighted by Gasteiger charge is 2.22. The molecule has 14 heteroatoms. The highest BCUT2D eigenvalue weighted by Crippen LogP contribution is 2.24. The molecule has 0 radical (unpaired) electrons. The first kappa shape index (κ1) is 27.7. The van der Waals surface area contributed by atoms with Gasteiger partial charge in [-0.15, -0.1) is 11.3 Å². The van der Waals surface area contributed by atoms with Gasteiger partial charge in [0.1, 0.15) is 11.7 Å². The number of nitrogens with two attached hydrogens (primary N) is 1. The van der Waals surface area contributed by atoms with Crippen LogP contribution in [0.5, 0.6) is 0 Å². The summed E-state index contributed by atoms with van der Waals surface area (Å²) in [6.45, 7) is 2.48. The Morgan fingerprint density at radius 2 is 2.14 bits per heavy atom. The van der Waals surface area contributed by atoms with Gasteiger partial charge in [-0.1, -0.05) is 41.0 Å². The third-order valence-electron chi connectivity index (χ3n) is 5.01. The van der Waals surface area contributed by atoms with Gasteiger partial charge in [-0.3, -0.25) is 19.3 Å². The summed E-state index contributed by atoms with van der Waals surface area (Å²) >= 11 is 14.5. The van der Waals surface area contributed by atoms with Gasteiger partial charge in [0.2, 0.25) is 11.8 Å². The van der Waals surface area contributed by atoms with E-state index in [1.807, 2.05) is 12.1 Å². The second kappa shape index (κ2) is 13.4. The van der Waals surface area contributed by atoms with Crippen LogP contribution in [0.1, 0.15) is 16.1 Å². The number of benzene rings is 1. The number of rotatable bonds is 11. The van der Waals surface area contributed by atoms with Crippen LogP contribution in [0.4, 0.5) is 0 Å². The number of primary amides is 1. The number of nitrogens with zero attached hydrogens (tertiary/aromatic N) is 2. The molecular formula is C21H25Cl2N5O5S2. The lowest BCUT2D eigenvalue weighted by Gasteiger charge is -2.33. The summed E-state index contributed by atoms with van der Waals surface area (Å²) in [7, 11) is 0. The van der Waals surface area contributed by atoms with E-state index in [2.05, 4.69) is 20.5 Å².